The predicted octanol–water partition coefficient (Wildman–Crippen LogP) is 2.29. The smallest absolute Gasteiger partial charge is 0.306 e. The molecule has 0 heterocycles. The van der Waals surface area contributed by atoms with E-state index in [-0.39, 0.29) is 5.92 Å². The Balaban J connectivity index is 2.23. The van der Waals surface area contributed by atoms with Gasteiger partial charge in [-0.2, -0.15) is 0 Å². The van der Waals surface area contributed by atoms with E-state index in [0.29, 0.717) is 5.92 Å². The summed E-state index contributed by atoms with van der Waals surface area (Å²) in [5, 5.41) is 8.64. The average molecular weight is 156 g/mol. The lowest BCUT2D eigenvalue weighted by atomic mass is 9.95. The third-order valence-electron chi connectivity index (χ3n) is 2.58. The first kappa shape index (κ1) is 8.57. The normalized spacial score (nSPS) is 21.9. The molecular formula is C9H16O2. The molecule has 0 aliphatic heterocycles. The van der Waals surface area contributed by atoms with Crippen LogP contribution >= 0.6 is 0 Å². The van der Waals surface area contributed by atoms with Crippen LogP contribution in [0.15, 0.2) is 0 Å². The number of carboxylic acid groups (broad SMARTS) is 1. The molecule has 1 saturated carbocycles. The van der Waals surface area contributed by atoms with Crippen molar-refractivity contribution >= 4 is 5.97 Å². The van der Waals surface area contributed by atoms with E-state index >= 15 is 0 Å². The third-order valence-corrected chi connectivity index (χ3v) is 2.58. The Bertz CT molecular complexity index is 136. The summed E-state index contributed by atoms with van der Waals surface area (Å²) >= 11 is 0. The van der Waals surface area contributed by atoms with Crippen molar-refractivity contribution in [3.63, 3.8) is 0 Å². The maximum absolute atomic E-state index is 10.5. The molecule has 1 aliphatic rings. The van der Waals surface area contributed by atoms with Gasteiger partial charge in [0.2, 0.25) is 0 Å². The Hall–Kier alpha value is -0.530. The molecular weight excluding hydrogens is 140 g/mol. The molecule has 0 aromatic carbocycles. The van der Waals surface area contributed by atoms with Gasteiger partial charge in [-0.05, 0) is 12.3 Å². The average Bonchev–Trinajstić information content (AvgIpc) is 2.39. The summed E-state index contributed by atoms with van der Waals surface area (Å²) in [7, 11) is 0. The van der Waals surface area contributed by atoms with E-state index in [1.807, 2.05) is 0 Å². The van der Waals surface area contributed by atoms with Gasteiger partial charge in [0.1, 0.15) is 0 Å². The molecule has 1 fully saturated rings. The van der Waals surface area contributed by atoms with Crippen LogP contribution in [0.2, 0.25) is 0 Å². The standard InChI is InChI=1S/C9H16O2/c1-7(9(10)11)6-8-4-2-3-5-8/h7-8H,2-6H2,1H3,(H,10,11). The quantitative estimate of drug-likeness (QED) is 0.680. The molecule has 11 heavy (non-hydrogen) atoms. The van der Waals surface area contributed by atoms with Crippen LogP contribution in [0.5, 0.6) is 0 Å². The second-order valence-corrected chi connectivity index (χ2v) is 3.63. The van der Waals surface area contributed by atoms with Gasteiger partial charge in [-0.25, -0.2) is 0 Å². The summed E-state index contributed by atoms with van der Waals surface area (Å²) in [6.07, 6.45) is 5.98. The van der Waals surface area contributed by atoms with Gasteiger partial charge in [-0.1, -0.05) is 32.6 Å². The molecule has 0 aromatic heterocycles. The molecule has 1 rings (SSSR count). The number of aliphatic carboxylic acids is 1. The minimum Gasteiger partial charge on any atom is -0.481 e. The molecule has 0 bridgehead atoms. The monoisotopic (exact) mass is 156 g/mol. The van der Waals surface area contributed by atoms with Gasteiger partial charge in [0.25, 0.3) is 0 Å². The van der Waals surface area contributed by atoms with Crippen LogP contribution < -0.4 is 0 Å². The van der Waals surface area contributed by atoms with Crippen molar-refractivity contribution in [3.8, 4) is 0 Å². The molecule has 0 aromatic rings. The van der Waals surface area contributed by atoms with E-state index in [1.54, 1.807) is 6.92 Å². The summed E-state index contributed by atoms with van der Waals surface area (Å²) in [5.41, 5.74) is 0. The topological polar surface area (TPSA) is 37.3 Å². The van der Waals surface area contributed by atoms with E-state index in [9.17, 15) is 4.79 Å². The second-order valence-electron chi connectivity index (χ2n) is 3.63. The summed E-state index contributed by atoms with van der Waals surface area (Å²) in [5.74, 6) is -0.0869. The van der Waals surface area contributed by atoms with Crippen molar-refractivity contribution in [1.82, 2.24) is 0 Å². The highest BCUT2D eigenvalue weighted by Gasteiger charge is 2.20. The zero-order valence-corrected chi connectivity index (χ0v) is 7.05. The summed E-state index contributed by atoms with van der Waals surface area (Å²) in [4.78, 5) is 10.5. The van der Waals surface area contributed by atoms with Crippen LogP contribution in [-0.4, -0.2) is 11.1 Å². The first-order valence-electron chi connectivity index (χ1n) is 4.43. The highest BCUT2D eigenvalue weighted by Crippen LogP contribution is 2.30. The fourth-order valence-corrected chi connectivity index (χ4v) is 1.85. The van der Waals surface area contributed by atoms with Crippen molar-refractivity contribution in [2.45, 2.75) is 39.0 Å². The zero-order valence-electron chi connectivity index (χ0n) is 7.05. The summed E-state index contributed by atoms with van der Waals surface area (Å²) in [6, 6.07) is 0. The minimum absolute atomic E-state index is 0.141. The van der Waals surface area contributed by atoms with Gasteiger partial charge < -0.3 is 5.11 Å². The van der Waals surface area contributed by atoms with Crippen LogP contribution in [0, 0.1) is 11.8 Å². The number of rotatable bonds is 3. The SMILES string of the molecule is CC(CC1CCCC1)C(=O)O. The number of hydrogen-bond donors (Lipinski definition) is 1. The van der Waals surface area contributed by atoms with Gasteiger partial charge in [0, 0.05) is 0 Å². The Morgan fingerprint density at radius 1 is 1.55 bits per heavy atom. The fourth-order valence-electron chi connectivity index (χ4n) is 1.85. The predicted molar refractivity (Wildman–Crippen MR) is 43.4 cm³/mol. The van der Waals surface area contributed by atoms with E-state index < -0.39 is 5.97 Å². The minimum atomic E-state index is -0.642. The van der Waals surface area contributed by atoms with Gasteiger partial charge in [0.05, 0.1) is 5.92 Å². The van der Waals surface area contributed by atoms with E-state index in [1.165, 1.54) is 25.7 Å². The number of carbonyl (C=O) groups is 1. The summed E-state index contributed by atoms with van der Waals surface area (Å²) < 4.78 is 0. The maximum Gasteiger partial charge on any atom is 0.306 e. The lowest BCUT2D eigenvalue weighted by Gasteiger charge is -2.11. The molecule has 0 saturated heterocycles. The molecule has 64 valence electrons. The van der Waals surface area contributed by atoms with Crippen LogP contribution in [0.4, 0.5) is 0 Å². The van der Waals surface area contributed by atoms with Gasteiger partial charge >= 0.3 is 5.97 Å². The Labute approximate surface area is 67.6 Å². The Kier molecular flexibility index (Phi) is 2.92. The Morgan fingerprint density at radius 2 is 2.09 bits per heavy atom. The molecule has 0 spiro atoms. The molecule has 2 nitrogen and oxygen atoms in total. The van der Waals surface area contributed by atoms with Crippen molar-refractivity contribution in [2.24, 2.45) is 11.8 Å². The third kappa shape index (κ3) is 2.52. The Morgan fingerprint density at radius 3 is 2.55 bits per heavy atom. The first-order valence-corrected chi connectivity index (χ1v) is 4.43. The largest absolute Gasteiger partial charge is 0.481 e. The highest BCUT2D eigenvalue weighted by molar-refractivity contribution is 5.69. The van der Waals surface area contributed by atoms with Gasteiger partial charge in [0.15, 0.2) is 0 Å². The number of hydrogen-bond acceptors (Lipinski definition) is 1. The molecule has 1 aliphatic carbocycles. The van der Waals surface area contributed by atoms with Crippen molar-refractivity contribution in [2.75, 3.05) is 0 Å². The van der Waals surface area contributed by atoms with Gasteiger partial charge in [-0.15, -0.1) is 0 Å². The van der Waals surface area contributed by atoms with E-state index in [4.69, 9.17) is 5.11 Å². The molecule has 1 unspecified atom stereocenters. The lowest BCUT2D eigenvalue weighted by Crippen LogP contribution is -2.12. The first-order chi connectivity index (χ1) is 5.20. The second kappa shape index (κ2) is 3.74. The highest BCUT2D eigenvalue weighted by atomic mass is 16.4. The van der Waals surface area contributed by atoms with Crippen molar-refractivity contribution in [3.05, 3.63) is 0 Å². The number of carboxylic acids is 1. The lowest BCUT2D eigenvalue weighted by molar-refractivity contribution is -0.141. The van der Waals surface area contributed by atoms with Gasteiger partial charge in [-0.3, -0.25) is 4.79 Å². The molecule has 0 amide bonds. The van der Waals surface area contributed by atoms with Crippen molar-refractivity contribution < 1.29 is 9.90 Å². The van der Waals surface area contributed by atoms with E-state index in [0.717, 1.165) is 6.42 Å². The molecule has 1 atom stereocenters. The van der Waals surface area contributed by atoms with Crippen LogP contribution in [0.25, 0.3) is 0 Å². The molecule has 1 N–H and O–H groups in total. The summed E-state index contributed by atoms with van der Waals surface area (Å²) in [6.45, 7) is 1.81. The fraction of sp³-hybridized carbons (Fsp3) is 0.889. The van der Waals surface area contributed by atoms with Crippen LogP contribution in [0.3, 0.4) is 0 Å². The van der Waals surface area contributed by atoms with Crippen LogP contribution in [-0.2, 0) is 4.79 Å². The molecule has 0 radical (unpaired) electrons. The van der Waals surface area contributed by atoms with E-state index in [2.05, 4.69) is 0 Å². The molecule has 2 heteroatoms. The van der Waals surface area contributed by atoms with Crippen molar-refractivity contribution in [1.29, 1.82) is 0 Å². The maximum atomic E-state index is 10.5. The zero-order chi connectivity index (χ0) is 8.27. The van der Waals surface area contributed by atoms with Crippen LogP contribution in [0.1, 0.15) is 39.0 Å².